The van der Waals surface area contributed by atoms with E-state index in [1.54, 1.807) is 13.2 Å². The number of imidazole rings is 1. The van der Waals surface area contributed by atoms with Gasteiger partial charge in [0.25, 0.3) is 0 Å². The Balaban J connectivity index is 2.27. The van der Waals surface area contributed by atoms with Crippen LogP contribution < -0.4 is 5.32 Å². The lowest BCUT2D eigenvalue weighted by Gasteiger charge is -2.08. The van der Waals surface area contributed by atoms with Crippen molar-refractivity contribution in [3.05, 3.63) is 18.6 Å². The second kappa shape index (κ2) is 5.35. The lowest BCUT2D eigenvalue weighted by molar-refractivity contribution is 0.113. The molecule has 0 fully saturated rings. The molecule has 3 N–H and O–H groups in total. The van der Waals surface area contributed by atoms with Gasteiger partial charge in [-0.15, -0.1) is 0 Å². The number of aromatic nitrogens is 3. The Labute approximate surface area is 103 Å². The Bertz CT molecular complexity index is 502. The number of hydrogen-bond acceptors (Lipinski definition) is 6. The van der Waals surface area contributed by atoms with E-state index in [-0.39, 0.29) is 6.61 Å². The largest absolute Gasteiger partial charge is 0.394 e. The third kappa shape index (κ3) is 2.68. The normalized spacial score (nSPS) is 12.9. The van der Waals surface area contributed by atoms with Crippen molar-refractivity contribution in [2.24, 2.45) is 0 Å². The van der Waals surface area contributed by atoms with Crippen LogP contribution in [0.15, 0.2) is 23.6 Å². The van der Waals surface area contributed by atoms with Crippen LogP contribution in [0.25, 0.3) is 5.65 Å². The first-order valence-corrected chi connectivity index (χ1v) is 6.16. The maximum absolute atomic E-state index is 9.33. The van der Waals surface area contributed by atoms with Crippen molar-refractivity contribution in [2.75, 3.05) is 24.7 Å². The summed E-state index contributed by atoms with van der Waals surface area (Å²) < 4.78 is 1.87. The molecule has 2 rings (SSSR count). The van der Waals surface area contributed by atoms with Crippen LogP contribution >= 0.6 is 11.8 Å². The first-order valence-electron chi connectivity index (χ1n) is 5.17. The van der Waals surface area contributed by atoms with E-state index in [1.807, 2.05) is 16.8 Å². The van der Waals surface area contributed by atoms with E-state index in [1.165, 1.54) is 11.8 Å². The molecule has 92 valence electrons. The average Bonchev–Trinajstić information content (AvgIpc) is 2.83. The van der Waals surface area contributed by atoms with Gasteiger partial charge in [-0.1, -0.05) is 11.8 Å². The van der Waals surface area contributed by atoms with Gasteiger partial charge in [0.1, 0.15) is 10.8 Å². The predicted molar refractivity (Wildman–Crippen MR) is 66.4 cm³/mol. The third-order valence-corrected chi connectivity index (χ3v) is 3.32. The number of aliphatic hydroxyl groups excluding tert-OH is 2. The molecule has 0 spiro atoms. The molecule has 0 aliphatic rings. The van der Waals surface area contributed by atoms with E-state index >= 15 is 0 Å². The second-order valence-corrected chi connectivity index (χ2v) is 4.50. The molecular weight excluding hydrogens is 240 g/mol. The van der Waals surface area contributed by atoms with E-state index in [0.717, 1.165) is 16.5 Å². The van der Waals surface area contributed by atoms with Gasteiger partial charge in [0.2, 0.25) is 0 Å². The van der Waals surface area contributed by atoms with Crippen LogP contribution in [0.3, 0.4) is 0 Å². The SMILES string of the molecule is CNc1cn2ccnc2c(SCC(O)CO)n1. The van der Waals surface area contributed by atoms with Crippen molar-refractivity contribution in [3.8, 4) is 0 Å². The lowest BCUT2D eigenvalue weighted by Crippen LogP contribution is -2.14. The standard InChI is InChI=1S/C10H14N4O2S/c1-11-8-4-14-3-2-12-9(14)10(13-8)17-6-7(16)5-15/h2-4,7,11,15-16H,5-6H2,1H3. The first kappa shape index (κ1) is 12.2. The monoisotopic (exact) mass is 254 g/mol. The van der Waals surface area contributed by atoms with Crippen LogP contribution in [0.4, 0.5) is 5.82 Å². The second-order valence-electron chi connectivity index (χ2n) is 3.49. The van der Waals surface area contributed by atoms with Crippen LogP contribution in [0, 0.1) is 0 Å². The Morgan fingerprint density at radius 1 is 1.59 bits per heavy atom. The summed E-state index contributed by atoms with van der Waals surface area (Å²) in [7, 11) is 1.79. The minimum absolute atomic E-state index is 0.247. The van der Waals surface area contributed by atoms with E-state index in [0.29, 0.717) is 5.75 Å². The molecule has 7 heteroatoms. The highest BCUT2D eigenvalue weighted by Gasteiger charge is 2.10. The Morgan fingerprint density at radius 2 is 2.41 bits per heavy atom. The number of anilines is 1. The number of aliphatic hydroxyl groups is 2. The Kier molecular flexibility index (Phi) is 3.82. The average molecular weight is 254 g/mol. The number of hydrogen-bond donors (Lipinski definition) is 3. The molecule has 1 atom stereocenters. The van der Waals surface area contributed by atoms with Crippen molar-refractivity contribution < 1.29 is 10.2 Å². The van der Waals surface area contributed by atoms with E-state index in [9.17, 15) is 5.11 Å². The minimum Gasteiger partial charge on any atom is -0.394 e. The molecule has 0 saturated carbocycles. The maximum atomic E-state index is 9.33. The molecular formula is C10H14N4O2S. The van der Waals surface area contributed by atoms with Crippen LogP contribution in [-0.4, -0.2) is 50.1 Å². The van der Waals surface area contributed by atoms with Gasteiger partial charge < -0.3 is 19.9 Å². The molecule has 0 amide bonds. The molecule has 0 aromatic carbocycles. The number of thioether (sulfide) groups is 1. The zero-order valence-electron chi connectivity index (χ0n) is 9.37. The minimum atomic E-state index is -0.741. The van der Waals surface area contributed by atoms with Gasteiger partial charge in [-0.3, -0.25) is 0 Å². The summed E-state index contributed by atoms with van der Waals surface area (Å²) in [6.07, 6.45) is 4.64. The van der Waals surface area contributed by atoms with Crippen LogP contribution in [0.5, 0.6) is 0 Å². The summed E-state index contributed by atoms with van der Waals surface area (Å²) in [5.41, 5.74) is 0.749. The summed E-state index contributed by atoms with van der Waals surface area (Å²) in [5.74, 6) is 1.12. The molecule has 0 radical (unpaired) electrons. The third-order valence-electron chi connectivity index (χ3n) is 2.22. The van der Waals surface area contributed by atoms with Crippen LogP contribution in [-0.2, 0) is 0 Å². The van der Waals surface area contributed by atoms with Gasteiger partial charge in [0, 0.05) is 25.2 Å². The molecule has 17 heavy (non-hydrogen) atoms. The molecule has 1 unspecified atom stereocenters. The maximum Gasteiger partial charge on any atom is 0.169 e. The molecule has 0 aliphatic heterocycles. The molecule has 2 aromatic heterocycles. The van der Waals surface area contributed by atoms with E-state index in [4.69, 9.17) is 5.11 Å². The number of fused-ring (bicyclic) bond motifs is 1. The summed E-state index contributed by atoms with van der Waals surface area (Å²) in [6.45, 7) is -0.247. The van der Waals surface area contributed by atoms with Gasteiger partial charge in [-0.05, 0) is 0 Å². The quantitative estimate of drug-likeness (QED) is 0.662. The van der Waals surface area contributed by atoms with Gasteiger partial charge in [-0.25, -0.2) is 9.97 Å². The lowest BCUT2D eigenvalue weighted by atomic mass is 10.4. The Morgan fingerprint density at radius 3 is 3.12 bits per heavy atom. The molecule has 0 bridgehead atoms. The van der Waals surface area contributed by atoms with Crippen molar-refractivity contribution in [1.29, 1.82) is 0 Å². The topological polar surface area (TPSA) is 82.7 Å². The molecule has 0 aliphatic carbocycles. The summed E-state index contributed by atoms with van der Waals surface area (Å²) >= 11 is 1.37. The van der Waals surface area contributed by atoms with Crippen molar-refractivity contribution in [3.63, 3.8) is 0 Å². The molecule has 6 nitrogen and oxygen atoms in total. The van der Waals surface area contributed by atoms with Crippen molar-refractivity contribution >= 4 is 23.2 Å². The van der Waals surface area contributed by atoms with Gasteiger partial charge in [0.05, 0.1) is 18.9 Å². The molecule has 0 saturated heterocycles. The highest BCUT2D eigenvalue weighted by molar-refractivity contribution is 7.99. The highest BCUT2D eigenvalue weighted by atomic mass is 32.2. The van der Waals surface area contributed by atoms with E-state index < -0.39 is 6.10 Å². The molecule has 2 aromatic rings. The van der Waals surface area contributed by atoms with Gasteiger partial charge in [-0.2, -0.15) is 0 Å². The van der Waals surface area contributed by atoms with E-state index in [2.05, 4.69) is 15.3 Å². The van der Waals surface area contributed by atoms with Gasteiger partial charge >= 0.3 is 0 Å². The van der Waals surface area contributed by atoms with Crippen LogP contribution in [0.1, 0.15) is 0 Å². The highest BCUT2D eigenvalue weighted by Crippen LogP contribution is 2.22. The predicted octanol–water partition coefficient (Wildman–Crippen LogP) is 0.216. The fraction of sp³-hybridized carbons (Fsp3) is 0.400. The van der Waals surface area contributed by atoms with Gasteiger partial charge in [0.15, 0.2) is 5.65 Å². The number of nitrogens with one attached hydrogen (secondary N) is 1. The summed E-state index contributed by atoms with van der Waals surface area (Å²) in [4.78, 5) is 8.58. The first-order chi connectivity index (χ1) is 8.24. The number of nitrogens with zero attached hydrogens (tertiary/aromatic N) is 3. The zero-order valence-corrected chi connectivity index (χ0v) is 10.2. The van der Waals surface area contributed by atoms with Crippen molar-refractivity contribution in [1.82, 2.24) is 14.4 Å². The Hall–Kier alpha value is -1.31. The van der Waals surface area contributed by atoms with Crippen LogP contribution in [0.2, 0.25) is 0 Å². The molecule has 2 heterocycles. The smallest absolute Gasteiger partial charge is 0.169 e. The van der Waals surface area contributed by atoms with Crippen molar-refractivity contribution in [2.45, 2.75) is 11.1 Å². The zero-order chi connectivity index (χ0) is 12.3. The fourth-order valence-electron chi connectivity index (χ4n) is 1.35. The summed E-state index contributed by atoms with van der Waals surface area (Å²) in [6, 6.07) is 0. The number of rotatable bonds is 5. The fourth-order valence-corrected chi connectivity index (χ4v) is 2.25. The summed E-state index contributed by atoms with van der Waals surface area (Å²) in [5, 5.41) is 21.8.